The number of nitrogens with zero attached hydrogens (tertiary/aromatic N) is 1. The quantitative estimate of drug-likeness (QED) is 0.899. The van der Waals surface area contributed by atoms with E-state index in [1.165, 1.54) is 16.7 Å². The molecular weight excluding hydrogens is 312 g/mol. The Labute approximate surface area is 129 Å². The van der Waals surface area contributed by atoms with Gasteiger partial charge in [-0.2, -0.15) is 0 Å². The van der Waals surface area contributed by atoms with Gasteiger partial charge in [0.1, 0.15) is 0 Å². The second kappa shape index (κ2) is 7.02. The van der Waals surface area contributed by atoms with Gasteiger partial charge in [-0.15, -0.1) is 0 Å². The van der Waals surface area contributed by atoms with E-state index in [2.05, 4.69) is 83.3 Å². The first-order valence-corrected chi connectivity index (χ1v) is 7.61. The fraction of sp³-hybridized carbons (Fsp3) is 0.294. The van der Waals surface area contributed by atoms with E-state index in [1.54, 1.807) is 0 Å². The maximum Gasteiger partial charge on any atom is 0.0470 e. The normalized spacial score (nSPS) is 12.7. The van der Waals surface area contributed by atoms with Crippen LogP contribution in [-0.4, -0.2) is 18.5 Å². The van der Waals surface area contributed by atoms with Crippen LogP contribution in [0.1, 0.15) is 22.7 Å². The van der Waals surface area contributed by atoms with Crippen LogP contribution in [0.5, 0.6) is 0 Å². The molecule has 0 aliphatic heterocycles. The molecule has 0 spiro atoms. The van der Waals surface area contributed by atoms with Gasteiger partial charge in [-0.3, -0.25) is 4.90 Å². The molecular formula is C17H21BrN2. The third kappa shape index (κ3) is 3.92. The highest BCUT2D eigenvalue weighted by atomic mass is 79.9. The Bertz CT molecular complexity index is 551. The molecule has 2 aromatic carbocycles. The van der Waals surface area contributed by atoms with Gasteiger partial charge >= 0.3 is 0 Å². The molecule has 0 aromatic heterocycles. The zero-order valence-corrected chi connectivity index (χ0v) is 13.6. The van der Waals surface area contributed by atoms with Crippen molar-refractivity contribution in [1.82, 2.24) is 4.90 Å². The van der Waals surface area contributed by atoms with Crippen molar-refractivity contribution in [3.63, 3.8) is 0 Å². The van der Waals surface area contributed by atoms with Crippen molar-refractivity contribution in [2.24, 2.45) is 5.73 Å². The first-order valence-electron chi connectivity index (χ1n) is 6.81. The van der Waals surface area contributed by atoms with E-state index >= 15 is 0 Å². The highest BCUT2D eigenvalue weighted by Crippen LogP contribution is 2.22. The Balaban J connectivity index is 2.13. The molecule has 2 aromatic rings. The minimum atomic E-state index is 0.239. The molecule has 0 bridgehead atoms. The van der Waals surface area contributed by atoms with E-state index < -0.39 is 0 Å². The van der Waals surface area contributed by atoms with Crippen LogP contribution >= 0.6 is 15.9 Å². The summed E-state index contributed by atoms with van der Waals surface area (Å²) in [6.07, 6.45) is 0. The Kier molecular flexibility index (Phi) is 5.35. The third-order valence-corrected chi connectivity index (χ3v) is 4.05. The lowest BCUT2D eigenvalue weighted by atomic mass is 10.0. The monoisotopic (exact) mass is 332 g/mol. The van der Waals surface area contributed by atoms with Gasteiger partial charge in [0, 0.05) is 23.6 Å². The predicted octanol–water partition coefficient (Wildman–Crippen LogP) is 3.89. The molecule has 0 amide bonds. The summed E-state index contributed by atoms with van der Waals surface area (Å²) < 4.78 is 1.10. The molecule has 2 N–H and O–H groups in total. The molecule has 20 heavy (non-hydrogen) atoms. The molecule has 106 valence electrons. The smallest absolute Gasteiger partial charge is 0.0470 e. The second-order valence-corrected chi connectivity index (χ2v) is 6.12. The summed E-state index contributed by atoms with van der Waals surface area (Å²) >= 11 is 3.47. The molecule has 2 nitrogen and oxygen atoms in total. The minimum absolute atomic E-state index is 0.239. The fourth-order valence-electron chi connectivity index (χ4n) is 2.46. The molecule has 0 fully saturated rings. The van der Waals surface area contributed by atoms with E-state index in [-0.39, 0.29) is 6.04 Å². The van der Waals surface area contributed by atoms with Crippen molar-refractivity contribution < 1.29 is 0 Å². The van der Waals surface area contributed by atoms with Gasteiger partial charge in [0.15, 0.2) is 0 Å². The van der Waals surface area contributed by atoms with Crippen molar-refractivity contribution >= 4 is 15.9 Å². The summed E-state index contributed by atoms with van der Waals surface area (Å²) in [7, 11) is 2.13. The van der Waals surface area contributed by atoms with Crippen LogP contribution in [-0.2, 0) is 6.54 Å². The van der Waals surface area contributed by atoms with Gasteiger partial charge in [-0.25, -0.2) is 0 Å². The van der Waals surface area contributed by atoms with Crippen molar-refractivity contribution in [2.45, 2.75) is 19.5 Å². The lowest BCUT2D eigenvalue weighted by molar-refractivity contribution is 0.242. The molecule has 0 heterocycles. The molecule has 3 heteroatoms. The molecule has 0 radical (unpaired) electrons. The summed E-state index contributed by atoms with van der Waals surface area (Å²) in [5.41, 5.74) is 9.85. The molecule has 0 saturated carbocycles. The average molecular weight is 333 g/mol. The Morgan fingerprint density at radius 2 is 1.85 bits per heavy atom. The van der Waals surface area contributed by atoms with Crippen LogP contribution in [0.3, 0.4) is 0 Å². The highest BCUT2D eigenvalue weighted by Gasteiger charge is 2.15. The first-order chi connectivity index (χ1) is 9.60. The van der Waals surface area contributed by atoms with E-state index in [1.807, 2.05) is 0 Å². The van der Waals surface area contributed by atoms with Crippen LogP contribution < -0.4 is 5.73 Å². The molecule has 1 unspecified atom stereocenters. The van der Waals surface area contributed by atoms with Crippen molar-refractivity contribution in [2.75, 3.05) is 13.6 Å². The summed E-state index contributed by atoms with van der Waals surface area (Å²) in [5, 5.41) is 0. The van der Waals surface area contributed by atoms with Crippen LogP contribution in [0.4, 0.5) is 0 Å². The summed E-state index contributed by atoms with van der Waals surface area (Å²) in [4.78, 5) is 2.30. The van der Waals surface area contributed by atoms with Gasteiger partial charge in [-0.1, -0.05) is 57.9 Å². The van der Waals surface area contributed by atoms with Gasteiger partial charge in [-0.05, 0) is 37.2 Å². The number of hydrogen-bond acceptors (Lipinski definition) is 2. The average Bonchev–Trinajstić information content (AvgIpc) is 2.42. The first kappa shape index (κ1) is 15.2. The van der Waals surface area contributed by atoms with Gasteiger partial charge in [0.25, 0.3) is 0 Å². The van der Waals surface area contributed by atoms with Gasteiger partial charge in [0.2, 0.25) is 0 Å². The zero-order valence-electron chi connectivity index (χ0n) is 12.0. The number of hydrogen-bond donors (Lipinski definition) is 1. The van der Waals surface area contributed by atoms with E-state index in [0.717, 1.165) is 11.0 Å². The molecule has 0 saturated heterocycles. The number of likely N-dealkylation sites (N-methyl/N-ethyl adjacent to an activating group) is 1. The van der Waals surface area contributed by atoms with Crippen LogP contribution in [0, 0.1) is 6.92 Å². The lowest BCUT2D eigenvalue weighted by Gasteiger charge is -2.27. The maximum atomic E-state index is 5.97. The van der Waals surface area contributed by atoms with Crippen LogP contribution in [0.2, 0.25) is 0 Å². The summed E-state index contributed by atoms with van der Waals surface area (Å²) in [6, 6.07) is 17.3. The van der Waals surface area contributed by atoms with Crippen molar-refractivity contribution in [3.8, 4) is 0 Å². The van der Waals surface area contributed by atoms with Gasteiger partial charge < -0.3 is 5.73 Å². The molecule has 1 atom stereocenters. The minimum Gasteiger partial charge on any atom is -0.329 e. The highest BCUT2D eigenvalue weighted by molar-refractivity contribution is 9.10. The number of halogens is 1. The predicted molar refractivity (Wildman–Crippen MR) is 88.6 cm³/mol. The standard InChI is InChI=1S/C17H21BrN2/c1-13-4-3-5-14(10-13)12-20(2)17(11-19)15-6-8-16(18)9-7-15/h3-10,17H,11-12,19H2,1-2H3. The number of aryl methyl sites for hydroxylation is 1. The third-order valence-electron chi connectivity index (χ3n) is 3.52. The Morgan fingerprint density at radius 3 is 2.45 bits per heavy atom. The number of rotatable bonds is 5. The van der Waals surface area contributed by atoms with E-state index in [4.69, 9.17) is 5.73 Å². The second-order valence-electron chi connectivity index (χ2n) is 5.21. The summed E-state index contributed by atoms with van der Waals surface area (Å²) in [5.74, 6) is 0. The van der Waals surface area contributed by atoms with E-state index in [0.29, 0.717) is 6.54 Å². The Morgan fingerprint density at radius 1 is 1.15 bits per heavy atom. The largest absolute Gasteiger partial charge is 0.329 e. The number of nitrogens with two attached hydrogens (primary N) is 1. The molecule has 0 aliphatic rings. The van der Waals surface area contributed by atoms with Gasteiger partial charge in [0.05, 0.1) is 0 Å². The zero-order chi connectivity index (χ0) is 14.5. The van der Waals surface area contributed by atoms with Crippen molar-refractivity contribution in [3.05, 3.63) is 69.7 Å². The fourth-order valence-corrected chi connectivity index (χ4v) is 2.73. The number of benzene rings is 2. The SMILES string of the molecule is Cc1cccc(CN(C)C(CN)c2ccc(Br)cc2)c1. The topological polar surface area (TPSA) is 29.3 Å². The summed E-state index contributed by atoms with van der Waals surface area (Å²) in [6.45, 7) is 3.64. The van der Waals surface area contributed by atoms with Crippen molar-refractivity contribution in [1.29, 1.82) is 0 Å². The Hall–Kier alpha value is -1.16. The molecule has 0 aliphatic carbocycles. The van der Waals surface area contributed by atoms with E-state index in [9.17, 15) is 0 Å². The molecule has 2 rings (SSSR count). The van der Waals surface area contributed by atoms with Crippen LogP contribution in [0.15, 0.2) is 53.0 Å². The lowest BCUT2D eigenvalue weighted by Crippen LogP contribution is -2.30. The maximum absolute atomic E-state index is 5.97. The van der Waals surface area contributed by atoms with Crippen LogP contribution in [0.25, 0.3) is 0 Å².